The molecule has 1 heterocycles. The summed E-state index contributed by atoms with van der Waals surface area (Å²) in [5.41, 5.74) is -0.952. The van der Waals surface area contributed by atoms with Crippen molar-refractivity contribution in [3.8, 4) is 0 Å². The van der Waals surface area contributed by atoms with E-state index in [0.29, 0.717) is 26.1 Å². The minimum absolute atomic E-state index is 0.121. The average Bonchev–Trinajstić information content (AvgIpc) is 2.53. The fourth-order valence-corrected chi connectivity index (χ4v) is 3.51. The molecule has 1 amide bonds. The number of hydrogen-bond donors (Lipinski definition) is 2. The van der Waals surface area contributed by atoms with Gasteiger partial charge < -0.3 is 15.2 Å². The van der Waals surface area contributed by atoms with E-state index in [0.717, 1.165) is 0 Å². The minimum Gasteiger partial charge on any atom is -0.388 e. The Hall–Kier alpha value is -1.44. The molecule has 2 rings (SSSR count). The highest BCUT2D eigenvalue weighted by atomic mass is 32.2. The van der Waals surface area contributed by atoms with Gasteiger partial charge in [0.05, 0.1) is 16.2 Å². The van der Waals surface area contributed by atoms with Crippen molar-refractivity contribution >= 4 is 15.7 Å². The highest BCUT2D eigenvalue weighted by Crippen LogP contribution is 2.19. The maximum atomic E-state index is 12.1. The van der Waals surface area contributed by atoms with E-state index in [1.54, 1.807) is 18.2 Å². The topological polar surface area (TPSA) is 92.7 Å². The van der Waals surface area contributed by atoms with Crippen molar-refractivity contribution in [3.05, 3.63) is 30.3 Å². The maximum absolute atomic E-state index is 12.1. The average molecular weight is 327 g/mol. The number of ether oxygens (including phenoxy) is 1. The standard InChI is InChI=1S/C15H21NO5S/c17-14(16-12-15(18)7-9-21-10-8-15)6-11-22(19,20)13-4-2-1-3-5-13/h1-5,18H,6-12H2,(H,16,17). The summed E-state index contributed by atoms with van der Waals surface area (Å²) < 4.78 is 29.3. The fourth-order valence-electron chi connectivity index (χ4n) is 2.25. The lowest BCUT2D eigenvalue weighted by molar-refractivity contribution is -0.123. The highest BCUT2D eigenvalue weighted by Gasteiger charge is 2.30. The second-order valence-electron chi connectivity index (χ2n) is 5.50. The molecule has 0 unspecified atom stereocenters. The van der Waals surface area contributed by atoms with Crippen LogP contribution >= 0.6 is 0 Å². The van der Waals surface area contributed by atoms with Crippen LogP contribution < -0.4 is 5.32 Å². The lowest BCUT2D eigenvalue weighted by Gasteiger charge is -2.32. The molecule has 1 aliphatic heterocycles. The Kier molecular flexibility index (Phi) is 5.55. The molecule has 1 saturated heterocycles. The molecule has 0 aliphatic carbocycles. The van der Waals surface area contributed by atoms with Crippen molar-refractivity contribution in [2.45, 2.75) is 29.8 Å². The predicted octanol–water partition coefficient (Wildman–Crippen LogP) is 0.508. The molecule has 1 aliphatic rings. The van der Waals surface area contributed by atoms with Gasteiger partial charge >= 0.3 is 0 Å². The van der Waals surface area contributed by atoms with Crippen molar-refractivity contribution in [1.82, 2.24) is 5.32 Å². The number of carbonyl (C=O) groups is 1. The molecular weight excluding hydrogens is 306 g/mol. The first-order chi connectivity index (χ1) is 10.4. The molecule has 2 N–H and O–H groups in total. The van der Waals surface area contributed by atoms with Gasteiger partial charge in [0.1, 0.15) is 0 Å². The first-order valence-electron chi connectivity index (χ1n) is 7.26. The van der Waals surface area contributed by atoms with Crippen LogP contribution in [0.3, 0.4) is 0 Å². The monoisotopic (exact) mass is 327 g/mol. The van der Waals surface area contributed by atoms with Gasteiger partial charge in [-0.25, -0.2) is 8.42 Å². The fraction of sp³-hybridized carbons (Fsp3) is 0.533. The number of amides is 1. The summed E-state index contributed by atoms with van der Waals surface area (Å²) in [5, 5.41) is 12.8. The smallest absolute Gasteiger partial charge is 0.221 e. The van der Waals surface area contributed by atoms with Crippen molar-refractivity contribution in [2.75, 3.05) is 25.5 Å². The summed E-state index contributed by atoms with van der Waals surface area (Å²) in [5.74, 6) is -0.621. The number of hydrogen-bond acceptors (Lipinski definition) is 5. The molecule has 1 fully saturated rings. The van der Waals surface area contributed by atoms with E-state index in [4.69, 9.17) is 4.74 Å². The second-order valence-corrected chi connectivity index (χ2v) is 7.60. The van der Waals surface area contributed by atoms with Gasteiger partial charge in [-0.1, -0.05) is 18.2 Å². The Bertz CT molecular complexity index is 594. The predicted molar refractivity (Wildman–Crippen MR) is 81.1 cm³/mol. The molecule has 0 aromatic heterocycles. The number of benzene rings is 1. The summed E-state index contributed by atoms with van der Waals surface area (Å²) in [6, 6.07) is 8.05. The van der Waals surface area contributed by atoms with E-state index in [-0.39, 0.29) is 29.5 Å². The number of sulfone groups is 1. The van der Waals surface area contributed by atoms with Crippen LogP contribution in [0, 0.1) is 0 Å². The van der Waals surface area contributed by atoms with Crippen molar-refractivity contribution in [2.24, 2.45) is 0 Å². The van der Waals surface area contributed by atoms with Crippen molar-refractivity contribution in [1.29, 1.82) is 0 Å². The Morgan fingerprint density at radius 1 is 1.23 bits per heavy atom. The summed E-state index contributed by atoms with van der Waals surface area (Å²) >= 11 is 0. The van der Waals surface area contributed by atoms with Gasteiger partial charge in [-0.3, -0.25) is 4.79 Å². The van der Waals surface area contributed by atoms with Crippen LogP contribution in [0.2, 0.25) is 0 Å². The summed E-state index contributed by atoms with van der Waals surface area (Å²) in [4.78, 5) is 12.0. The van der Waals surface area contributed by atoms with Gasteiger partial charge in [0.2, 0.25) is 5.91 Å². The van der Waals surface area contributed by atoms with Crippen molar-refractivity contribution in [3.63, 3.8) is 0 Å². The second kappa shape index (κ2) is 7.21. The van der Waals surface area contributed by atoms with E-state index in [9.17, 15) is 18.3 Å². The van der Waals surface area contributed by atoms with Gasteiger partial charge in [-0.2, -0.15) is 0 Å². The Labute approximate surface area is 130 Å². The molecular formula is C15H21NO5S. The molecule has 0 atom stereocenters. The van der Waals surface area contributed by atoms with Crippen LogP contribution in [0.1, 0.15) is 19.3 Å². The third kappa shape index (κ3) is 4.79. The molecule has 0 radical (unpaired) electrons. The van der Waals surface area contributed by atoms with E-state index in [1.807, 2.05) is 0 Å². The van der Waals surface area contributed by atoms with Crippen LogP contribution in [0.25, 0.3) is 0 Å². The Balaban J connectivity index is 1.80. The molecule has 0 spiro atoms. The molecule has 0 saturated carbocycles. The summed E-state index contributed by atoms with van der Waals surface area (Å²) in [7, 11) is -3.46. The van der Waals surface area contributed by atoms with Crippen LogP contribution in [0.15, 0.2) is 35.2 Å². The lowest BCUT2D eigenvalue weighted by atomic mass is 9.94. The van der Waals surface area contributed by atoms with Gasteiger partial charge in [0.15, 0.2) is 9.84 Å². The third-order valence-electron chi connectivity index (χ3n) is 3.74. The van der Waals surface area contributed by atoms with E-state index in [2.05, 4.69) is 5.32 Å². The van der Waals surface area contributed by atoms with Crippen molar-refractivity contribution < 1.29 is 23.1 Å². The van der Waals surface area contributed by atoms with Crippen LogP contribution in [0.4, 0.5) is 0 Å². The van der Waals surface area contributed by atoms with Crippen LogP contribution in [-0.4, -0.2) is 50.5 Å². The van der Waals surface area contributed by atoms with E-state index < -0.39 is 15.4 Å². The first kappa shape index (κ1) is 16.9. The van der Waals surface area contributed by atoms with Crippen LogP contribution in [-0.2, 0) is 19.4 Å². The van der Waals surface area contributed by atoms with Gasteiger partial charge in [-0.05, 0) is 12.1 Å². The normalized spacial score (nSPS) is 17.9. The van der Waals surface area contributed by atoms with Gasteiger partial charge in [0.25, 0.3) is 0 Å². The Morgan fingerprint density at radius 2 is 1.86 bits per heavy atom. The quantitative estimate of drug-likeness (QED) is 0.794. The molecule has 6 nitrogen and oxygen atoms in total. The van der Waals surface area contributed by atoms with Crippen LogP contribution in [0.5, 0.6) is 0 Å². The maximum Gasteiger partial charge on any atom is 0.221 e. The minimum atomic E-state index is -3.46. The number of aliphatic hydroxyl groups is 1. The molecule has 0 bridgehead atoms. The molecule has 7 heteroatoms. The highest BCUT2D eigenvalue weighted by molar-refractivity contribution is 7.91. The largest absolute Gasteiger partial charge is 0.388 e. The zero-order valence-corrected chi connectivity index (χ0v) is 13.1. The first-order valence-corrected chi connectivity index (χ1v) is 8.91. The molecule has 122 valence electrons. The zero-order valence-electron chi connectivity index (χ0n) is 12.3. The number of carbonyl (C=O) groups excluding carboxylic acids is 1. The number of rotatable bonds is 6. The molecule has 1 aromatic carbocycles. The van der Waals surface area contributed by atoms with Gasteiger partial charge in [-0.15, -0.1) is 0 Å². The lowest BCUT2D eigenvalue weighted by Crippen LogP contribution is -2.46. The van der Waals surface area contributed by atoms with E-state index in [1.165, 1.54) is 12.1 Å². The summed E-state index contributed by atoms with van der Waals surface area (Å²) in [6.07, 6.45) is 0.814. The van der Waals surface area contributed by atoms with Gasteiger partial charge in [0, 0.05) is 39.0 Å². The summed E-state index contributed by atoms with van der Waals surface area (Å²) in [6.45, 7) is 1.06. The Morgan fingerprint density at radius 3 is 2.50 bits per heavy atom. The van der Waals surface area contributed by atoms with E-state index >= 15 is 0 Å². The molecule has 22 heavy (non-hydrogen) atoms. The third-order valence-corrected chi connectivity index (χ3v) is 5.47. The number of nitrogens with one attached hydrogen (secondary N) is 1. The SMILES string of the molecule is O=C(CCS(=O)(=O)c1ccccc1)NCC1(O)CCOCC1. The zero-order chi connectivity index (χ0) is 16.1. The molecule has 1 aromatic rings.